The fourth-order valence-electron chi connectivity index (χ4n) is 0.482. The maximum absolute atomic E-state index is 10.4. The monoisotopic (exact) mass is 170 g/mol. The second-order valence-electron chi connectivity index (χ2n) is 1.84. The molecule has 0 aromatic heterocycles. The van der Waals surface area contributed by atoms with Crippen LogP contribution in [0.5, 0.6) is 0 Å². The van der Waals surface area contributed by atoms with Crippen LogP contribution in [0.3, 0.4) is 0 Å². The molecule has 0 aliphatic carbocycles. The maximum atomic E-state index is 10.4. The summed E-state index contributed by atoms with van der Waals surface area (Å²) in [4.78, 5) is 0. The molecule has 0 saturated heterocycles. The summed E-state index contributed by atoms with van der Waals surface area (Å²) >= 11 is 0. The Kier molecular flexibility index (Phi) is 6.65. The molecule has 3 heteroatoms. The number of hydrogen-bond donors (Lipinski definition) is 1. The van der Waals surface area contributed by atoms with Crippen molar-refractivity contribution in [3.63, 3.8) is 0 Å². The predicted molar refractivity (Wildman–Crippen MR) is 50.4 cm³/mol. The van der Waals surface area contributed by atoms with Gasteiger partial charge in [-0.05, 0) is 13.3 Å². The van der Waals surface area contributed by atoms with E-state index < -0.39 is 10.4 Å². The third-order valence-electron chi connectivity index (χ3n) is 0.897. The number of hydrogen-bond acceptors (Lipinski definition) is 3. The van der Waals surface area contributed by atoms with Gasteiger partial charge < -0.3 is 9.53 Å². The second-order valence-corrected chi connectivity index (χ2v) is 2.88. The van der Waals surface area contributed by atoms with Crippen molar-refractivity contribution in [2.24, 2.45) is 0 Å². The normalized spacial score (nSPS) is 9.64. The Balaban J connectivity index is 3.32. The highest BCUT2D eigenvalue weighted by molar-refractivity contribution is 7.85. The molecular weight excluding hydrogens is 158 g/mol. The Hall–Kier alpha value is -0.880. The molecule has 0 amide bonds. The second kappa shape index (κ2) is 7.23. The van der Waals surface area contributed by atoms with Gasteiger partial charge in [-0.1, -0.05) is 5.92 Å². The van der Waals surface area contributed by atoms with Gasteiger partial charge in [0.05, 0.1) is 0 Å². The Morgan fingerprint density at radius 2 is 2.45 bits per heavy atom. The molecular formula is C8H12NOS-. The summed E-state index contributed by atoms with van der Waals surface area (Å²) in [5.74, 6) is 6.02. The predicted octanol–water partition coefficient (Wildman–Crippen LogP) is 0.856. The lowest BCUT2D eigenvalue weighted by atomic mass is 10.4. The van der Waals surface area contributed by atoms with E-state index in [1.165, 1.54) is 0 Å². The molecule has 1 N–H and O–H groups in total. The summed E-state index contributed by atoms with van der Waals surface area (Å²) < 4.78 is 10.4. The fraction of sp³-hybridized carbons (Fsp3) is 0.375. The van der Waals surface area contributed by atoms with Crippen LogP contribution in [0.4, 0.5) is 0 Å². The molecule has 11 heavy (non-hydrogen) atoms. The first-order valence-corrected chi connectivity index (χ1v) is 4.67. The van der Waals surface area contributed by atoms with Crippen LogP contribution in [-0.2, 0) is 14.6 Å². The van der Waals surface area contributed by atoms with E-state index >= 15 is 0 Å². The van der Waals surface area contributed by atoms with Crippen molar-refractivity contribution in [2.45, 2.75) is 13.3 Å². The Labute approximate surface area is 69.7 Å². The highest BCUT2D eigenvalue weighted by Gasteiger charge is 1.73. The number of nitrogens with one attached hydrogen (secondary N) is 1. The van der Waals surface area contributed by atoms with E-state index in [1.807, 2.05) is 6.08 Å². The van der Waals surface area contributed by atoms with Crippen LogP contribution >= 0.6 is 0 Å². The quantitative estimate of drug-likeness (QED) is 0.223. The average molecular weight is 170 g/mol. The van der Waals surface area contributed by atoms with Crippen molar-refractivity contribution in [1.82, 2.24) is 5.32 Å². The molecule has 0 aliphatic heterocycles. The van der Waals surface area contributed by atoms with Crippen molar-refractivity contribution in [3.05, 3.63) is 11.5 Å². The summed E-state index contributed by atoms with van der Waals surface area (Å²) in [7, 11) is -1.07. The van der Waals surface area contributed by atoms with Crippen molar-refractivity contribution in [3.8, 4) is 12.0 Å². The molecule has 2 nitrogen and oxygen atoms in total. The van der Waals surface area contributed by atoms with E-state index in [2.05, 4.69) is 23.2 Å². The Morgan fingerprint density at radius 1 is 1.73 bits per heavy atom. The zero-order valence-corrected chi connectivity index (χ0v) is 7.41. The molecule has 0 radical (unpaired) electrons. The van der Waals surface area contributed by atoms with E-state index in [0.717, 1.165) is 13.0 Å². The standard InChI is InChI=1S/C8H12NOS/c1-3-6-9-7-4-5-8-11(2)10/h5,8-9H,2,4,7H2,1H3/q-1/b8-5+. The molecule has 0 spiro atoms. The van der Waals surface area contributed by atoms with Gasteiger partial charge in [0.25, 0.3) is 0 Å². The van der Waals surface area contributed by atoms with E-state index in [1.54, 1.807) is 12.3 Å². The van der Waals surface area contributed by atoms with Gasteiger partial charge in [0.2, 0.25) is 0 Å². The van der Waals surface area contributed by atoms with Crippen molar-refractivity contribution < 1.29 is 4.21 Å². The average Bonchev–Trinajstić information content (AvgIpc) is 1.96. The lowest BCUT2D eigenvalue weighted by Gasteiger charge is -1.92. The molecule has 0 atom stereocenters. The van der Waals surface area contributed by atoms with E-state index in [-0.39, 0.29) is 0 Å². The topological polar surface area (TPSA) is 29.1 Å². The van der Waals surface area contributed by atoms with Gasteiger partial charge in [-0.15, -0.1) is 6.08 Å². The molecule has 0 unspecified atom stereocenters. The van der Waals surface area contributed by atoms with Crippen LogP contribution in [0, 0.1) is 12.0 Å². The minimum atomic E-state index is -1.07. The Morgan fingerprint density at radius 3 is 3.00 bits per heavy atom. The van der Waals surface area contributed by atoms with Crippen LogP contribution in [0.1, 0.15) is 13.3 Å². The van der Waals surface area contributed by atoms with Crippen molar-refractivity contribution in [1.29, 1.82) is 0 Å². The lowest BCUT2D eigenvalue weighted by molar-refractivity contribution is 0.607. The molecule has 62 valence electrons. The number of rotatable bonds is 4. The third kappa shape index (κ3) is 9.12. The third-order valence-corrected chi connectivity index (χ3v) is 1.39. The van der Waals surface area contributed by atoms with Gasteiger partial charge in [0.1, 0.15) is 0 Å². The van der Waals surface area contributed by atoms with Crippen LogP contribution in [-0.4, -0.2) is 12.4 Å². The first kappa shape index (κ1) is 10.1. The lowest BCUT2D eigenvalue weighted by Crippen LogP contribution is -2.05. The zero-order chi connectivity index (χ0) is 8.53. The van der Waals surface area contributed by atoms with Gasteiger partial charge in [0.15, 0.2) is 0 Å². The smallest absolute Gasteiger partial charge is 0.0263 e. The van der Waals surface area contributed by atoms with E-state index in [4.69, 9.17) is 0 Å². The molecule has 0 aromatic rings. The molecule has 0 aliphatic rings. The van der Waals surface area contributed by atoms with Crippen LogP contribution in [0.2, 0.25) is 0 Å². The molecule has 0 rings (SSSR count). The summed E-state index contributed by atoms with van der Waals surface area (Å²) in [6.45, 7) is 2.56. The molecule has 0 fully saturated rings. The van der Waals surface area contributed by atoms with Crippen molar-refractivity contribution >= 4 is 16.3 Å². The summed E-state index contributed by atoms with van der Waals surface area (Å²) in [6.07, 6.45) is 2.66. The SMILES string of the molecule is C=[S-](=O)/C=C/CCNC#CC. The fourth-order valence-corrected chi connectivity index (χ4v) is 0.832. The van der Waals surface area contributed by atoms with Crippen LogP contribution in [0.15, 0.2) is 11.5 Å². The summed E-state index contributed by atoms with van der Waals surface area (Å²) in [5.41, 5.74) is 0. The summed E-state index contributed by atoms with van der Waals surface area (Å²) in [5, 5.41) is 4.45. The summed E-state index contributed by atoms with van der Waals surface area (Å²) in [6, 6.07) is 2.71. The van der Waals surface area contributed by atoms with Gasteiger partial charge in [-0.25, -0.2) is 0 Å². The highest BCUT2D eigenvalue weighted by atomic mass is 32.2. The van der Waals surface area contributed by atoms with Crippen LogP contribution in [0.25, 0.3) is 0 Å². The van der Waals surface area contributed by atoms with Gasteiger partial charge in [-0.3, -0.25) is 10.4 Å². The molecule has 0 heterocycles. The van der Waals surface area contributed by atoms with Gasteiger partial charge >= 0.3 is 0 Å². The first-order valence-electron chi connectivity index (χ1n) is 3.29. The first-order chi connectivity index (χ1) is 5.27. The zero-order valence-electron chi connectivity index (χ0n) is 6.59. The minimum Gasteiger partial charge on any atom is -0.458 e. The van der Waals surface area contributed by atoms with Crippen molar-refractivity contribution in [2.75, 3.05) is 6.54 Å². The van der Waals surface area contributed by atoms with Gasteiger partial charge in [-0.2, -0.15) is 11.3 Å². The largest absolute Gasteiger partial charge is 0.458 e. The van der Waals surface area contributed by atoms with Crippen LogP contribution < -0.4 is 5.32 Å². The van der Waals surface area contributed by atoms with E-state index in [9.17, 15) is 4.21 Å². The van der Waals surface area contributed by atoms with Gasteiger partial charge in [0, 0.05) is 12.6 Å². The highest BCUT2D eigenvalue weighted by Crippen LogP contribution is 1.79. The molecule has 0 bridgehead atoms. The molecule has 0 saturated carbocycles. The molecule has 0 aromatic carbocycles. The van der Waals surface area contributed by atoms with E-state index in [0.29, 0.717) is 0 Å². The minimum absolute atomic E-state index is 0.786. The maximum Gasteiger partial charge on any atom is 0.0263 e. The Bertz CT molecular complexity index is 235.